The summed E-state index contributed by atoms with van der Waals surface area (Å²) in [7, 11) is 0. The van der Waals surface area contributed by atoms with Gasteiger partial charge in [-0.1, -0.05) is 5.16 Å². The summed E-state index contributed by atoms with van der Waals surface area (Å²) in [5.74, 6) is -5.78. The van der Waals surface area contributed by atoms with Crippen molar-refractivity contribution in [3.05, 3.63) is 54.0 Å². The first kappa shape index (κ1) is 26.4. The molecule has 2 aliphatic carbocycles. The molecule has 0 spiro atoms. The van der Waals surface area contributed by atoms with E-state index in [-0.39, 0.29) is 38.3 Å². The number of rotatable bonds is 8. The molecule has 10 nitrogen and oxygen atoms in total. The van der Waals surface area contributed by atoms with Crippen LogP contribution in [0.2, 0.25) is 0 Å². The van der Waals surface area contributed by atoms with Crippen LogP contribution in [0.25, 0.3) is 0 Å². The highest BCUT2D eigenvalue weighted by Gasteiger charge is 2.60. The van der Waals surface area contributed by atoms with Gasteiger partial charge in [0, 0.05) is 24.3 Å². The molecule has 1 aromatic heterocycles. The summed E-state index contributed by atoms with van der Waals surface area (Å²) >= 11 is 0. The lowest BCUT2D eigenvalue weighted by molar-refractivity contribution is -0.132. The first-order valence-electron chi connectivity index (χ1n) is 12.4. The van der Waals surface area contributed by atoms with Gasteiger partial charge in [0.25, 0.3) is 0 Å². The van der Waals surface area contributed by atoms with Gasteiger partial charge < -0.3 is 29.3 Å². The Morgan fingerprint density at radius 1 is 1.11 bits per heavy atom. The van der Waals surface area contributed by atoms with Crippen LogP contribution in [0.4, 0.5) is 14.5 Å². The quantitative estimate of drug-likeness (QED) is 0.344. The normalized spacial score (nSPS) is 30.9. The smallest absolute Gasteiger partial charge is 0.238 e. The molecule has 38 heavy (non-hydrogen) atoms. The van der Waals surface area contributed by atoms with Crippen molar-refractivity contribution >= 4 is 23.2 Å². The van der Waals surface area contributed by atoms with Crippen LogP contribution in [0.5, 0.6) is 0 Å². The molecule has 3 aliphatic rings. The number of halogens is 2. The Balaban J connectivity index is 1.28. The van der Waals surface area contributed by atoms with Crippen LogP contribution in [-0.2, 0) is 25.8 Å². The number of carbonyl (C=O) groups excluding carboxylic acids is 2. The van der Waals surface area contributed by atoms with Gasteiger partial charge >= 0.3 is 0 Å². The van der Waals surface area contributed by atoms with Crippen LogP contribution < -0.4 is 4.90 Å². The zero-order valence-electron chi connectivity index (χ0n) is 20.3. The standard InChI is InChI=1S/C26H28F2N2O8/c27-13-3-6-20(18(28)8-13)30-25(34)17-5-4-16-19(9-21(32)24(33)22(16)23(17)26(30)35)29-38-11-14(31)10-36-12-15-2-1-7-37-15/h1-3,6-8,14,16-17,21-24,31-33H,4-5,9-12H2/t14-,16+,17+,21+,22-,23-,24+/m0/s1. The van der Waals surface area contributed by atoms with E-state index in [0.717, 1.165) is 12.1 Å². The topological polar surface area (TPSA) is 142 Å². The Bertz CT molecular complexity index is 1210. The molecule has 0 radical (unpaired) electrons. The molecule has 1 aromatic carbocycles. The first-order valence-corrected chi connectivity index (χ1v) is 12.4. The monoisotopic (exact) mass is 534 g/mol. The highest BCUT2D eigenvalue weighted by atomic mass is 19.1. The molecule has 5 rings (SSSR count). The van der Waals surface area contributed by atoms with Crippen molar-refractivity contribution in [2.24, 2.45) is 28.8 Å². The summed E-state index contributed by atoms with van der Waals surface area (Å²) in [4.78, 5) is 32.6. The Morgan fingerprint density at radius 2 is 1.89 bits per heavy atom. The van der Waals surface area contributed by atoms with Crippen LogP contribution >= 0.6 is 0 Å². The maximum atomic E-state index is 14.5. The lowest BCUT2D eigenvalue weighted by Gasteiger charge is -2.45. The molecule has 0 bridgehead atoms. The zero-order valence-corrected chi connectivity index (χ0v) is 20.3. The van der Waals surface area contributed by atoms with Gasteiger partial charge in [0.05, 0.1) is 48.3 Å². The van der Waals surface area contributed by atoms with Gasteiger partial charge in [0.2, 0.25) is 11.8 Å². The van der Waals surface area contributed by atoms with Crippen molar-refractivity contribution in [1.82, 2.24) is 0 Å². The fourth-order valence-corrected chi connectivity index (χ4v) is 5.82. The number of benzene rings is 1. The Labute approximate surface area is 216 Å². The Morgan fingerprint density at radius 3 is 2.63 bits per heavy atom. The van der Waals surface area contributed by atoms with Crippen LogP contribution in [0, 0.1) is 35.3 Å². The molecule has 0 unspecified atom stereocenters. The number of amides is 2. The molecule has 1 saturated heterocycles. The Hall–Kier alpha value is -3.19. The number of oxime groups is 1. The molecular formula is C26H28F2N2O8. The van der Waals surface area contributed by atoms with Crippen molar-refractivity contribution in [2.45, 2.75) is 44.2 Å². The highest BCUT2D eigenvalue weighted by molar-refractivity contribution is 6.22. The second kappa shape index (κ2) is 10.9. The van der Waals surface area contributed by atoms with E-state index in [9.17, 15) is 33.7 Å². The van der Waals surface area contributed by atoms with E-state index in [0.29, 0.717) is 28.9 Å². The van der Waals surface area contributed by atoms with Gasteiger partial charge in [0.15, 0.2) is 0 Å². The molecule has 7 atom stereocenters. The number of hydrogen-bond acceptors (Lipinski definition) is 9. The summed E-state index contributed by atoms with van der Waals surface area (Å²) in [6.07, 6.45) is -1.41. The van der Waals surface area contributed by atoms with Crippen molar-refractivity contribution in [3.63, 3.8) is 0 Å². The lowest BCUT2D eigenvalue weighted by Crippen LogP contribution is -2.54. The van der Waals surface area contributed by atoms with Crippen molar-refractivity contribution in [3.8, 4) is 0 Å². The number of furan rings is 1. The molecule has 2 saturated carbocycles. The van der Waals surface area contributed by atoms with E-state index in [1.54, 1.807) is 12.1 Å². The summed E-state index contributed by atoms with van der Waals surface area (Å²) in [6, 6.07) is 6.05. The van der Waals surface area contributed by atoms with Gasteiger partial charge in [0.1, 0.15) is 36.7 Å². The van der Waals surface area contributed by atoms with Crippen LogP contribution in [0.3, 0.4) is 0 Å². The van der Waals surface area contributed by atoms with E-state index in [2.05, 4.69) is 5.16 Å². The van der Waals surface area contributed by atoms with Crippen LogP contribution in [0.15, 0.2) is 46.2 Å². The minimum atomic E-state index is -1.32. The highest BCUT2D eigenvalue weighted by Crippen LogP contribution is 2.50. The number of aliphatic hydroxyl groups is 3. The maximum Gasteiger partial charge on any atom is 0.238 e. The molecule has 1 aliphatic heterocycles. The number of nitrogens with zero attached hydrogens (tertiary/aromatic N) is 2. The van der Waals surface area contributed by atoms with Gasteiger partial charge in [-0.25, -0.2) is 13.7 Å². The van der Waals surface area contributed by atoms with Gasteiger partial charge in [-0.3, -0.25) is 9.59 Å². The van der Waals surface area contributed by atoms with E-state index in [1.807, 2.05) is 0 Å². The fraction of sp³-hybridized carbons (Fsp3) is 0.500. The van der Waals surface area contributed by atoms with Crippen molar-refractivity contribution in [1.29, 1.82) is 0 Å². The van der Waals surface area contributed by atoms with Crippen molar-refractivity contribution in [2.75, 3.05) is 18.1 Å². The summed E-state index contributed by atoms with van der Waals surface area (Å²) in [5, 5.41) is 35.6. The minimum absolute atomic E-state index is 0.0107. The van der Waals surface area contributed by atoms with Crippen LogP contribution in [-0.4, -0.2) is 64.4 Å². The predicted molar refractivity (Wildman–Crippen MR) is 126 cm³/mol. The summed E-state index contributed by atoms with van der Waals surface area (Å²) in [5.41, 5.74) is 0.0558. The molecule has 3 N–H and O–H groups in total. The van der Waals surface area contributed by atoms with Crippen molar-refractivity contribution < 1.29 is 47.7 Å². The second-order valence-corrected chi connectivity index (χ2v) is 9.89. The van der Waals surface area contributed by atoms with E-state index in [1.165, 1.54) is 6.26 Å². The third-order valence-corrected chi connectivity index (χ3v) is 7.51. The number of anilines is 1. The third-order valence-electron chi connectivity index (χ3n) is 7.51. The summed E-state index contributed by atoms with van der Waals surface area (Å²) in [6.45, 7) is -0.0472. The molecule has 2 heterocycles. The van der Waals surface area contributed by atoms with E-state index < -0.39 is 65.4 Å². The number of imide groups is 1. The number of carbonyl (C=O) groups is 2. The molecular weight excluding hydrogens is 506 g/mol. The molecule has 2 amide bonds. The summed E-state index contributed by atoms with van der Waals surface area (Å²) < 4.78 is 38.4. The minimum Gasteiger partial charge on any atom is -0.467 e. The molecule has 204 valence electrons. The Kier molecular flexibility index (Phi) is 7.57. The number of ether oxygens (including phenoxy) is 1. The van der Waals surface area contributed by atoms with Crippen LogP contribution in [0.1, 0.15) is 25.0 Å². The van der Waals surface area contributed by atoms with Gasteiger partial charge in [-0.2, -0.15) is 0 Å². The largest absolute Gasteiger partial charge is 0.467 e. The van der Waals surface area contributed by atoms with Gasteiger partial charge in [-0.15, -0.1) is 0 Å². The molecule has 3 fully saturated rings. The number of aliphatic hydroxyl groups excluding tert-OH is 3. The SMILES string of the molecule is O=C1[C@@H]2[C@H]3[C@H](O)[C@H](O)CC(=NOC[C@@H](O)COCc4ccco4)[C@H]3CC[C@H]2C(=O)N1c1ccc(F)cc1F. The number of hydrogen-bond donors (Lipinski definition) is 3. The lowest BCUT2D eigenvalue weighted by atomic mass is 9.60. The average molecular weight is 535 g/mol. The fourth-order valence-electron chi connectivity index (χ4n) is 5.82. The second-order valence-electron chi connectivity index (χ2n) is 9.89. The predicted octanol–water partition coefficient (Wildman–Crippen LogP) is 1.77. The zero-order chi connectivity index (χ0) is 27.0. The maximum absolute atomic E-state index is 14.5. The van der Waals surface area contributed by atoms with E-state index >= 15 is 0 Å². The average Bonchev–Trinajstić information content (AvgIpc) is 3.49. The number of fused-ring (bicyclic) bond motifs is 3. The molecule has 12 heteroatoms. The first-order chi connectivity index (χ1) is 18.3. The third kappa shape index (κ3) is 4.96. The van der Waals surface area contributed by atoms with Gasteiger partial charge in [-0.05, 0) is 37.1 Å². The molecule has 2 aromatic rings. The van der Waals surface area contributed by atoms with E-state index in [4.69, 9.17) is 14.0 Å².